The number of benzene rings is 1. The fourth-order valence-corrected chi connectivity index (χ4v) is 2.57. The highest BCUT2D eigenvalue weighted by Gasteiger charge is 2.26. The third-order valence-corrected chi connectivity index (χ3v) is 3.55. The Labute approximate surface area is 103 Å². The van der Waals surface area contributed by atoms with E-state index in [0.29, 0.717) is 0 Å². The summed E-state index contributed by atoms with van der Waals surface area (Å²) in [4.78, 5) is 0. The van der Waals surface area contributed by atoms with E-state index in [1.807, 2.05) is 18.2 Å². The van der Waals surface area contributed by atoms with Crippen LogP contribution in [0.25, 0.3) is 0 Å². The van der Waals surface area contributed by atoms with Crippen LogP contribution in [0, 0.1) is 0 Å². The number of aliphatic hydroxyl groups is 1. The van der Waals surface area contributed by atoms with Crippen LogP contribution in [-0.4, -0.2) is 24.4 Å². The molecule has 0 aromatic heterocycles. The van der Waals surface area contributed by atoms with Crippen molar-refractivity contribution in [2.24, 2.45) is 0 Å². The van der Waals surface area contributed by atoms with Gasteiger partial charge in [-0.15, -0.1) is 0 Å². The van der Waals surface area contributed by atoms with Crippen molar-refractivity contribution in [3.63, 3.8) is 0 Å². The smallest absolute Gasteiger partial charge is 0.123 e. The molecule has 3 heteroatoms. The van der Waals surface area contributed by atoms with E-state index in [2.05, 4.69) is 18.3 Å². The van der Waals surface area contributed by atoms with Crippen LogP contribution in [0.5, 0.6) is 5.75 Å². The fourth-order valence-electron chi connectivity index (χ4n) is 2.57. The standard InChI is InChI=1S/C14H21NO2/c1-10(15-12-7-5-8-13(12)16)11-6-3-4-9-14(11)17-2/h3-4,6,9-10,12-13,15-16H,5,7-8H2,1-2H3/t10-,12?,13?/m1/s1. The minimum Gasteiger partial charge on any atom is -0.496 e. The molecule has 1 aliphatic rings. The average Bonchev–Trinajstić information content (AvgIpc) is 2.75. The SMILES string of the molecule is COc1ccccc1[C@@H](C)NC1CCCC1O. The van der Waals surface area contributed by atoms with Crippen LogP contribution < -0.4 is 10.1 Å². The number of nitrogens with one attached hydrogen (secondary N) is 1. The van der Waals surface area contributed by atoms with Gasteiger partial charge in [0.1, 0.15) is 5.75 Å². The number of hydrogen-bond acceptors (Lipinski definition) is 3. The van der Waals surface area contributed by atoms with E-state index < -0.39 is 0 Å². The molecule has 0 saturated heterocycles. The Balaban J connectivity index is 2.06. The third kappa shape index (κ3) is 2.79. The van der Waals surface area contributed by atoms with Crippen LogP contribution in [0.2, 0.25) is 0 Å². The molecule has 94 valence electrons. The molecule has 0 spiro atoms. The minimum atomic E-state index is -0.202. The largest absolute Gasteiger partial charge is 0.496 e. The first kappa shape index (κ1) is 12.4. The minimum absolute atomic E-state index is 0.198. The molecule has 1 aromatic rings. The van der Waals surface area contributed by atoms with Gasteiger partial charge in [-0.2, -0.15) is 0 Å². The predicted molar refractivity (Wildman–Crippen MR) is 68.2 cm³/mol. The molecule has 2 rings (SSSR count). The van der Waals surface area contributed by atoms with Crippen molar-refractivity contribution < 1.29 is 9.84 Å². The Morgan fingerprint density at radius 3 is 2.76 bits per heavy atom. The fraction of sp³-hybridized carbons (Fsp3) is 0.571. The molecule has 0 heterocycles. The molecule has 2 unspecified atom stereocenters. The van der Waals surface area contributed by atoms with Crippen molar-refractivity contribution in [2.45, 2.75) is 44.4 Å². The van der Waals surface area contributed by atoms with E-state index in [0.717, 1.165) is 30.6 Å². The summed E-state index contributed by atoms with van der Waals surface area (Å²) in [6.45, 7) is 2.11. The van der Waals surface area contributed by atoms with E-state index in [4.69, 9.17) is 4.74 Å². The lowest BCUT2D eigenvalue weighted by molar-refractivity contribution is 0.144. The number of ether oxygens (including phenoxy) is 1. The van der Waals surface area contributed by atoms with Crippen molar-refractivity contribution in [3.05, 3.63) is 29.8 Å². The molecular weight excluding hydrogens is 214 g/mol. The Morgan fingerprint density at radius 1 is 1.35 bits per heavy atom. The molecule has 1 saturated carbocycles. The lowest BCUT2D eigenvalue weighted by Gasteiger charge is -2.23. The zero-order chi connectivity index (χ0) is 12.3. The molecular formula is C14H21NO2. The summed E-state index contributed by atoms with van der Waals surface area (Å²) in [6, 6.07) is 8.44. The molecule has 1 aliphatic carbocycles. The summed E-state index contributed by atoms with van der Waals surface area (Å²) >= 11 is 0. The lowest BCUT2D eigenvalue weighted by atomic mass is 10.1. The Bertz CT molecular complexity index is 367. The molecule has 0 radical (unpaired) electrons. The summed E-state index contributed by atoms with van der Waals surface area (Å²) in [7, 11) is 1.69. The van der Waals surface area contributed by atoms with Gasteiger partial charge in [-0.25, -0.2) is 0 Å². The zero-order valence-electron chi connectivity index (χ0n) is 10.5. The van der Waals surface area contributed by atoms with Gasteiger partial charge in [0.05, 0.1) is 13.2 Å². The second kappa shape index (κ2) is 5.52. The van der Waals surface area contributed by atoms with Gasteiger partial charge in [0, 0.05) is 17.6 Å². The van der Waals surface area contributed by atoms with E-state index in [-0.39, 0.29) is 18.2 Å². The van der Waals surface area contributed by atoms with Gasteiger partial charge < -0.3 is 15.2 Å². The highest BCUT2D eigenvalue weighted by Crippen LogP contribution is 2.27. The Kier molecular flexibility index (Phi) is 4.02. The van der Waals surface area contributed by atoms with Crippen LogP contribution in [0.3, 0.4) is 0 Å². The van der Waals surface area contributed by atoms with Gasteiger partial charge in [-0.3, -0.25) is 0 Å². The summed E-state index contributed by atoms with van der Waals surface area (Å²) in [6.07, 6.45) is 2.88. The second-order valence-electron chi connectivity index (χ2n) is 4.74. The van der Waals surface area contributed by atoms with Crippen molar-refractivity contribution in [1.29, 1.82) is 0 Å². The van der Waals surface area contributed by atoms with Crippen LogP contribution >= 0.6 is 0 Å². The number of methoxy groups -OCH3 is 1. The number of para-hydroxylation sites is 1. The maximum absolute atomic E-state index is 9.82. The first-order valence-electron chi connectivity index (χ1n) is 6.29. The molecule has 0 bridgehead atoms. The van der Waals surface area contributed by atoms with E-state index >= 15 is 0 Å². The van der Waals surface area contributed by atoms with Gasteiger partial charge in [0.2, 0.25) is 0 Å². The summed E-state index contributed by atoms with van der Waals surface area (Å²) in [5.74, 6) is 0.903. The van der Waals surface area contributed by atoms with E-state index in [9.17, 15) is 5.11 Å². The molecule has 1 aromatic carbocycles. The van der Waals surface area contributed by atoms with Crippen molar-refractivity contribution in [1.82, 2.24) is 5.32 Å². The summed E-state index contributed by atoms with van der Waals surface area (Å²) in [5.41, 5.74) is 1.15. The molecule has 3 nitrogen and oxygen atoms in total. The topological polar surface area (TPSA) is 41.5 Å². The van der Waals surface area contributed by atoms with Gasteiger partial charge in [-0.1, -0.05) is 18.2 Å². The maximum atomic E-state index is 9.82. The highest BCUT2D eigenvalue weighted by molar-refractivity contribution is 5.35. The predicted octanol–water partition coefficient (Wildman–Crippen LogP) is 2.26. The number of rotatable bonds is 4. The monoisotopic (exact) mass is 235 g/mol. The van der Waals surface area contributed by atoms with E-state index in [1.54, 1.807) is 7.11 Å². The number of hydrogen-bond donors (Lipinski definition) is 2. The normalized spacial score (nSPS) is 25.8. The summed E-state index contributed by atoms with van der Waals surface area (Å²) < 4.78 is 5.36. The van der Waals surface area contributed by atoms with E-state index in [1.165, 1.54) is 0 Å². The Hall–Kier alpha value is -1.06. The van der Waals surface area contributed by atoms with Gasteiger partial charge in [0.15, 0.2) is 0 Å². The molecule has 2 N–H and O–H groups in total. The van der Waals surface area contributed by atoms with Crippen molar-refractivity contribution >= 4 is 0 Å². The summed E-state index contributed by atoms with van der Waals surface area (Å²) in [5, 5.41) is 13.3. The molecule has 1 fully saturated rings. The van der Waals surface area contributed by atoms with Crippen LogP contribution in [0.15, 0.2) is 24.3 Å². The molecule has 0 aliphatic heterocycles. The molecule has 0 amide bonds. The van der Waals surface area contributed by atoms with Crippen LogP contribution in [0.4, 0.5) is 0 Å². The molecule has 3 atom stereocenters. The van der Waals surface area contributed by atoms with Crippen LogP contribution in [0.1, 0.15) is 37.8 Å². The zero-order valence-corrected chi connectivity index (χ0v) is 10.5. The lowest BCUT2D eigenvalue weighted by Crippen LogP contribution is -2.37. The molecule has 17 heavy (non-hydrogen) atoms. The van der Waals surface area contributed by atoms with Crippen LogP contribution in [-0.2, 0) is 0 Å². The third-order valence-electron chi connectivity index (χ3n) is 3.55. The van der Waals surface area contributed by atoms with Gasteiger partial charge in [-0.05, 0) is 32.3 Å². The number of aliphatic hydroxyl groups excluding tert-OH is 1. The average molecular weight is 235 g/mol. The van der Waals surface area contributed by atoms with Crippen molar-refractivity contribution in [3.8, 4) is 5.75 Å². The maximum Gasteiger partial charge on any atom is 0.123 e. The van der Waals surface area contributed by atoms with Crippen molar-refractivity contribution in [2.75, 3.05) is 7.11 Å². The van der Waals surface area contributed by atoms with Gasteiger partial charge in [0.25, 0.3) is 0 Å². The first-order chi connectivity index (χ1) is 8.22. The first-order valence-corrected chi connectivity index (χ1v) is 6.29. The second-order valence-corrected chi connectivity index (χ2v) is 4.74. The Morgan fingerprint density at radius 2 is 2.12 bits per heavy atom. The quantitative estimate of drug-likeness (QED) is 0.841. The van der Waals surface area contributed by atoms with Gasteiger partial charge >= 0.3 is 0 Å². The highest BCUT2D eigenvalue weighted by atomic mass is 16.5.